The molecule has 25 heavy (non-hydrogen) atoms. The van der Waals surface area contributed by atoms with E-state index < -0.39 is 10.0 Å². The second kappa shape index (κ2) is 7.23. The molecule has 7 heteroatoms. The van der Waals surface area contributed by atoms with Crippen molar-refractivity contribution < 1.29 is 8.42 Å². The van der Waals surface area contributed by atoms with Crippen LogP contribution in [-0.2, 0) is 10.0 Å². The van der Waals surface area contributed by atoms with Gasteiger partial charge in [-0.15, -0.1) is 0 Å². The van der Waals surface area contributed by atoms with E-state index in [-0.39, 0.29) is 9.92 Å². The van der Waals surface area contributed by atoms with Crippen LogP contribution in [0.3, 0.4) is 0 Å². The minimum Gasteiger partial charge on any atom is -0.367 e. The lowest BCUT2D eigenvalue weighted by atomic mass is 10.2. The summed E-state index contributed by atoms with van der Waals surface area (Å²) in [6, 6.07) is 14.2. The number of anilines is 2. The summed E-state index contributed by atoms with van der Waals surface area (Å²) in [7, 11) is 0.367. The summed E-state index contributed by atoms with van der Waals surface area (Å²) >= 11 is 6.15. The van der Waals surface area contributed by atoms with Crippen molar-refractivity contribution in [1.82, 2.24) is 4.90 Å². The average Bonchev–Trinajstić information content (AvgIpc) is 2.59. The summed E-state index contributed by atoms with van der Waals surface area (Å²) in [5.74, 6) is 0. The van der Waals surface area contributed by atoms with Gasteiger partial charge in [0, 0.05) is 19.6 Å². The molecule has 3 rings (SSSR count). The number of sulfonamides is 1. The lowest BCUT2D eigenvalue weighted by Gasteiger charge is -2.38. The lowest BCUT2D eigenvalue weighted by Crippen LogP contribution is -2.45. The molecule has 0 spiro atoms. The highest BCUT2D eigenvalue weighted by atomic mass is 35.5. The van der Waals surface area contributed by atoms with Crippen LogP contribution in [0, 0.1) is 0 Å². The fourth-order valence-corrected chi connectivity index (χ4v) is 4.94. The smallest absolute Gasteiger partial charge is 0.265 e. The average molecular weight is 380 g/mol. The minimum atomic E-state index is -3.70. The maximum absolute atomic E-state index is 13.2. The zero-order valence-corrected chi connectivity index (χ0v) is 16.0. The van der Waals surface area contributed by atoms with Crippen molar-refractivity contribution in [2.45, 2.75) is 4.90 Å². The predicted molar refractivity (Wildman–Crippen MR) is 103 cm³/mol. The van der Waals surface area contributed by atoms with E-state index in [1.807, 2.05) is 38.4 Å². The van der Waals surface area contributed by atoms with Crippen molar-refractivity contribution in [3.63, 3.8) is 0 Å². The highest BCUT2D eigenvalue weighted by Gasteiger charge is 2.32. The Morgan fingerprint density at radius 1 is 1.00 bits per heavy atom. The van der Waals surface area contributed by atoms with Gasteiger partial charge >= 0.3 is 0 Å². The first-order chi connectivity index (χ1) is 11.9. The van der Waals surface area contributed by atoms with Crippen molar-refractivity contribution in [1.29, 1.82) is 0 Å². The van der Waals surface area contributed by atoms with Gasteiger partial charge in [-0.2, -0.15) is 0 Å². The number of hydrogen-bond acceptors (Lipinski definition) is 4. The van der Waals surface area contributed by atoms with Gasteiger partial charge in [0.05, 0.1) is 22.9 Å². The van der Waals surface area contributed by atoms with Gasteiger partial charge in [-0.3, -0.25) is 4.31 Å². The number of fused-ring (bicyclic) bond motifs is 1. The summed E-state index contributed by atoms with van der Waals surface area (Å²) in [5.41, 5.74) is 1.64. The molecule has 0 aliphatic carbocycles. The molecule has 1 heterocycles. The quantitative estimate of drug-likeness (QED) is 0.801. The molecule has 1 aliphatic rings. The highest BCUT2D eigenvalue weighted by Crippen LogP contribution is 2.37. The third-order valence-electron chi connectivity index (χ3n) is 4.29. The Bertz CT molecular complexity index is 855. The monoisotopic (exact) mass is 379 g/mol. The highest BCUT2D eigenvalue weighted by molar-refractivity contribution is 7.93. The van der Waals surface area contributed by atoms with Crippen LogP contribution in [0.15, 0.2) is 53.4 Å². The molecule has 0 saturated carbocycles. The molecule has 0 fully saturated rings. The molecule has 0 unspecified atom stereocenters. The first-order valence-electron chi connectivity index (χ1n) is 8.17. The Balaban J connectivity index is 1.98. The fourth-order valence-electron chi connectivity index (χ4n) is 2.97. The number of rotatable bonds is 5. The second-order valence-corrected chi connectivity index (χ2v) is 8.52. The maximum atomic E-state index is 13.2. The molecule has 0 N–H and O–H groups in total. The molecule has 0 radical (unpaired) electrons. The third kappa shape index (κ3) is 3.61. The molecule has 1 aliphatic heterocycles. The predicted octanol–water partition coefficient (Wildman–Crippen LogP) is 2.92. The molecule has 5 nitrogen and oxygen atoms in total. The van der Waals surface area contributed by atoms with Gasteiger partial charge in [0.1, 0.15) is 4.90 Å². The van der Waals surface area contributed by atoms with Crippen molar-refractivity contribution >= 4 is 33.0 Å². The Morgan fingerprint density at radius 2 is 1.64 bits per heavy atom. The molecular formula is C18H22ClN3O2S. The number of halogens is 1. The zero-order chi connectivity index (χ0) is 18.0. The van der Waals surface area contributed by atoms with Crippen LogP contribution >= 0.6 is 11.6 Å². The van der Waals surface area contributed by atoms with Crippen molar-refractivity contribution in [2.24, 2.45) is 0 Å². The van der Waals surface area contributed by atoms with Crippen molar-refractivity contribution in [3.8, 4) is 0 Å². The van der Waals surface area contributed by atoms with Crippen LogP contribution in [0.4, 0.5) is 11.4 Å². The fraction of sp³-hybridized carbons (Fsp3) is 0.333. The topological polar surface area (TPSA) is 43.9 Å². The summed E-state index contributed by atoms with van der Waals surface area (Å²) < 4.78 is 27.8. The minimum absolute atomic E-state index is 0.146. The Hall–Kier alpha value is -1.76. The summed E-state index contributed by atoms with van der Waals surface area (Å²) in [4.78, 5) is 4.50. The van der Waals surface area contributed by atoms with Crippen LogP contribution in [0.2, 0.25) is 5.02 Å². The van der Waals surface area contributed by atoms with Crippen LogP contribution < -0.4 is 9.21 Å². The molecule has 0 saturated heterocycles. The molecule has 0 atom stereocenters. The van der Waals surface area contributed by atoms with Gasteiger partial charge in [-0.1, -0.05) is 35.9 Å². The van der Waals surface area contributed by atoms with Gasteiger partial charge in [0.25, 0.3) is 10.0 Å². The molecular weight excluding hydrogens is 358 g/mol. The van der Waals surface area contributed by atoms with Crippen molar-refractivity contribution in [2.75, 3.05) is 49.5 Å². The standard InChI is InChI=1S/C18H22ClN3O2S/c1-20(2)11-12-21-13-14-22(17-9-5-4-8-16(17)21)25(23,24)18-10-6-3-7-15(18)19/h3-10H,11-14H2,1-2H3. The van der Waals surface area contributed by atoms with Crippen LogP contribution in [0.5, 0.6) is 0 Å². The van der Waals surface area contributed by atoms with Crippen LogP contribution in [-0.4, -0.2) is 53.6 Å². The maximum Gasteiger partial charge on any atom is 0.265 e. The van der Waals surface area contributed by atoms with Gasteiger partial charge < -0.3 is 9.80 Å². The van der Waals surface area contributed by atoms with E-state index in [4.69, 9.17) is 11.6 Å². The number of hydrogen-bond donors (Lipinski definition) is 0. The van der Waals surface area contributed by atoms with Crippen molar-refractivity contribution in [3.05, 3.63) is 53.6 Å². The molecule has 0 aromatic heterocycles. The zero-order valence-electron chi connectivity index (χ0n) is 14.4. The van der Waals surface area contributed by atoms with E-state index >= 15 is 0 Å². The number of benzene rings is 2. The molecule has 2 aromatic carbocycles. The number of likely N-dealkylation sites (N-methyl/N-ethyl adjacent to an activating group) is 1. The molecule has 2 aromatic rings. The largest absolute Gasteiger partial charge is 0.367 e. The van der Waals surface area contributed by atoms with E-state index in [0.717, 1.165) is 18.8 Å². The third-order valence-corrected chi connectivity index (χ3v) is 6.60. The Morgan fingerprint density at radius 3 is 2.32 bits per heavy atom. The Labute approximate surface area is 154 Å². The molecule has 0 bridgehead atoms. The first-order valence-corrected chi connectivity index (χ1v) is 9.99. The molecule has 0 amide bonds. The number of para-hydroxylation sites is 2. The van der Waals surface area contributed by atoms with Gasteiger partial charge in [-0.05, 0) is 38.4 Å². The van der Waals surface area contributed by atoms with Crippen LogP contribution in [0.1, 0.15) is 0 Å². The Kier molecular flexibility index (Phi) is 5.22. The second-order valence-electron chi connectivity index (χ2n) is 6.29. The number of nitrogens with zero attached hydrogens (tertiary/aromatic N) is 3. The van der Waals surface area contributed by atoms with E-state index in [9.17, 15) is 8.42 Å². The van der Waals surface area contributed by atoms with E-state index in [2.05, 4.69) is 9.80 Å². The van der Waals surface area contributed by atoms with E-state index in [1.54, 1.807) is 24.3 Å². The van der Waals surface area contributed by atoms with Gasteiger partial charge in [0.15, 0.2) is 0 Å². The first kappa shape index (κ1) is 18.0. The summed E-state index contributed by atoms with van der Waals surface area (Å²) in [6.07, 6.45) is 0. The van der Waals surface area contributed by atoms with Gasteiger partial charge in [0.2, 0.25) is 0 Å². The SMILES string of the molecule is CN(C)CCN1CCN(S(=O)(=O)c2ccccc2Cl)c2ccccc21. The van der Waals surface area contributed by atoms with Gasteiger partial charge in [-0.25, -0.2) is 8.42 Å². The summed E-state index contributed by atoms with van der Waals surface area (Å²) in [6.45, 7) is 2.81. The van der Waals surface area contributed by atoms with Crippen LogP contribution in [0.25, 0.3) is 0 Å². The summed E-state index contributed by atoms with van der Waals surface area (Å²) in [5, 5.41) is 0.245. The normalized spacial score (nSPS) is 14.7. The van der Waals surface area contributed by atoms with E-state index in [1.165, 1.54) is 4.31 Å². The van der Waals surface area contributed by atoms with E-state index in [0.29, 0.717) is 18.8 Å². The molecule has 134 valence electrons. The lowest BCUT2D eigenvalue weighted by molar-refractivity contribution is 0.413.